The molecule has 0 amide bonds. The van der Waals surface area contributed by atoms with Crippen LogP contribution in [0.15, 0.2) is 72.9 Å². The maximum atomic E-state index is 2.28. The van der Waals surface area contributed by atoms with Gasteiger partial charge in [-0.2, -0.15) is 0 Å². The third-order valence-corrected chi connectivity index (χ3v) is 3.76. The molecule has 22 heavy (non-hydrogen) atoms. The van der Waals surface area contributed by atoms with Crippen LogP contribution in [0.25, 0.3) is 0 Å². The topological polar surface area (TPSA) is 0 Å². The molecule has 0 heteroatoms. The fourth-order valence-electron chi connectivity index (χ4n) is 2.45. The molecule has 0 saturated carbocycles. The highest BCUT2D eigenvalue weighted by Gasteiger charge is 1.91. The van der Waals surface area contributed by atoms with Crippen molar-refractivity contribution in [2.45, 2.75) is 64.2 Å². The summed E-state index contributed by atoms with van der Waals surface area (Å²) in [5.74, 6) is 0. The van der Waals surface area contributed by atoms with Crippen LogP contribution in [0.2, 0.25) is 0 Å². The van der Waals surface area contributed by atoms with Crippen LogP contribution in [0.4, 0.5) is 0 Å². The van der Waals surface area contributed by atoms with Crippen LogP contribution in [0.5, 0.6) is 0 Å². The number of rotatable bonds is 0. The first kappa shape index (κ1) is 18.5. The minimum absolute atomic E-state index is 1.21. The normalized spacial score (nSPS) is 26.9. The summed E-state index contributed by atoms with van der Waals surface area (Å²) in [6.45, 7) is 0. The molecule has 0 spiro atoms. The van der Waals surface area contributed by atoms with Gasteiger partial charge in [-0.1, -0.05) is 111 Å². The van der Waals surface area contributed by atoms with Crippen molar-refractivity contribution >= 4 is 0 Å². The lowest BCUT2D eigenvalue weighted by Crippen LogP contribution is -1.81. The predicted molar refractivity (Wildman–Crippen MR) is 101 cm³/mol. The number of allylic oxidation sites excluding steroid dienone is 12. The third kappa shape index (κ3) is 13.4. The van der Waals surface area contributed by atoms with Crippen molar-refractivity contribution in [3.05, 3.63) is 72.9 Å². The molecule has 0 heterocycles. The van der Waals surface area contributed by atoms with E-state index >= 15 is 0 Å². The Morgan fingerprint density at radius 1 is 0.273 bits per heavy atom. The number of hydrogen-bond donors (Lipinski definition) is 0. The summed E-state index contributed by atoms with van der Waals surface area (Å²) in [5.41, 5.74) is 0. The van der Waals surface area contributed by atoms with E-state index in [0.29, 0.717) is 0 Å². The SMILES string of the molecule is C1=CCCCCCCCCCC\C=C/C=C/C=C/C=C/C=C\1. The van der Waals surface area contributed by atoms with E-state index < -0.39 is 0 Å². The highest BCUT2D eigenvalue weighted by atomic mass is 14.0. The maximum absolute atomic E-state index is 2.28. The van der Waals surface area contributed by atoms with Crippen molar-refractivity contribution in [1.82, 2.24) is 0 Å². The van der Waals surface area contributed by atoms with Gasteiger partial charge in [0.2, 0.25) is 0 Å². The molecule has 0 aromatic rings. The Morgan fingerprint density at radius 2 is 0.545 bits per heavy atom. The molecule has 0 nitrogen and oxygen atoms in total. The molecule has 0 atom stereocenters. The first-order chi connectivity index (χ1) is 11.0. The van der Waals surface area contributed by atoms with Crippen LogP contribution in [-0.4, -0.2) is 0 Å². The lowest BCUT2D eigenvalue weighted by molar-refractivity contribution is 0.571. The van der Waals surface area contributed by atoms with Gasteiger partial charge >= 0.3 is 0 Å². The van der Waals surface area contributed by atoms with Crippen molar-refractivity contribution in [2.75, 3.05) is 0 Å². The molecule has 0 radical (unpaired) electrons. The van der Waals surface area contributed by atoms with Gasteiger partial charge in [-0.15, -0.1) is 0 Å². The van der Waals surface area contributed by atoms with E-state index in [4.69, 9.17) is 0 Å². The standard InChI is InChI=1S/C22H32/c1-2-4-6-8-10-12-14-16-18-20-22-21-19-17-15-13-11-9-7-5-3-1/h1-12H,13-22H2/b3-1+,4-2+,7-5-,8-6+,11-9?,12-10-. The molecule has 0 bridgehead atoms. The average Bonchev–Trinajstić information content (AvgIpc) is 2.53. The van der Waals surface area contributed by atoms with Crippen LogP contribution in [0.3, 0.4) is 0 Å². The fraction of sp³-hybridized carbons (Fsp3) is 0.455. The summed E-state index contributed by atoms with van der Waals surface area (Å²) in [4.78, 5) is 0. The second-order valence-electron chi connectivity index (χ2n) is 5.80. The summed E-state index contributed by atoms with van der Waals surface area (Å²) >= 11 is 0. The highest BCUT2D eigenvalue weighted by molar-refractivity contribution is 5.19. The number of hydrogen-bond acceptors (Lipinski definition) is 0. The lowest BCUT2D eigenvalue weighted by atomic mass is 10.1. The van der Waals surface area contributed by atoms with Crippen LogP contribution in [0.1, 0.15) is 64.2 Å². The zero-order valence-electron chi connectivity index (χ0n) is 14.0. The first-order valence-electron chi connectivity index (χ1n) is 8.98. The predicted octanol–water partition coefficient (Wildman–Crippen LogP) is 7.24. The van der Waals surface area contributed by atoms with Crippen LogP contribution in [-0.2, 0) is 0 Å². The van der Waals surface area contributed by atoms with Gasteiger partial charge < -0.3 is 0 Å². The van der Waals surface area contributed by atoms with Crippen molar-refractivity contribution in [3.63, 3.8) is 0 Å². The van der Waals surface area contributed by atoms with E-state index in [1.165, 1.54) is 64.2 Å². The first-order valence-corrected chi connectivity index (χ1v) is 8.98. The van der Waals surface area contributed by atoms with Crippen molar-refractivity contribution in [1.29, 1.82) is 0 Å². The van der Waals surface area contributed by atoms with Gasteiger partial charge in [0.25, 0.3) is 0 Å². The van der Waals surface area contributed by atoms with Gasteiger partial charge in [-0.05, 0) is 25.7 Å². The smallest absolute Gasteiger partial charge is 0.0348 e. The van der Waals surface area contributed by atoms with Crippen molar-refractivity contribution in [3.8, 4) is 0 Å². The van der Waals surface area contributed by atoms with E-state index in [0.717, 1.165) is 0 Å². The van der Waals surface area contributed by atoms with E-state index in [1.54, 1.807) is 0 Å². The fourth-order valence-corrected chi connectivity index (χ4v) is 2.45. The Labute approximate surface area is 137 Å². The Hall–Kier alpha value is -1.56. The van der Waals surface area contributed by atoms with E-state index in [9.17, 15) is 0 Å². The van der Waals surface area contributed by atoms with Gasteiger partial charge in [0.15, 0.2) is 0 Å². The zero-order chi connectivity index (χ0) is 15.6. The molecule has 0 aromatic carbocycles. The minimum Gasteiger partial charge on any atom is -0.0845 e. The van der Waals surface area contributed by atoms with Gasteiger partial charge in [0, 0.05) is 0 Å². The molecular formula is C22H32. The zero-order valence-corrected chi connectivity index (χ0v) is 14.0. The Bertz CT molecular complexity index is 362. The second-order valence-corrected chi connectivity index (χ2v) is 5.80. The molecule has 0 aromatic heterocycles. The van der Waals surface area contributed by atoms with E-state index in [1.807, 2.05) is 0 Å². The summed E-state index contributed by atoms with van der Waals surface area (Å²) in [7, 11) is 0. The molecule has 0 saturated heterocycles. The molecule has 0 aliphatic heterocycles. The molecule has 0 fully saturated rings. The monoisotopic (exact) mass is 296 g/mol. The van der Waals surface area contributed by atoms with Crippen LogP contribution >= 0.6 is 0 Å². The highest BCUT2D eigenvalue weighted by Crippen LogP contribution is 2.11. The van der Waals surface area contributed by atoms with Crippen LogP contribution in [0, 0.1) is 0 Å². The molecule has 0 unspecified atom stereocenters. The summed E-state index contributed by atoms with van der Waals surface area (Å²) in [6.07, 6.45) is 39.0. The average molecular weight is 296 g/mol. The molecule has 1 aliphatic carbocycles. The molecular weight excluding hydrogens is 264 g/mol. The van der Waals surface area contributed by atoms with Gasteiger partial charge in [0.05, 0.1) is 0 Å². The largest absolute Gasteiger partial charge is 0.0845 e. The van der Waals surface area contributed by atoms with E-state index in [-0.39, 0.29) is 0 Å². The molecule has 0 N–H and O–H groups in total. The summed E-state index contributed by atoms with van der Waals surface area (Å²) in [6, 6.07) is 0. The maximum Gasteiger partial charge on any atom is -0.0348 e. The summed E-state index contributed by atoms with van der Waals surface area (Å²) in [5, 5.41) is 0. The van der Waals surface area contributed by atoms with Crippen molar-refractivity contribution < 1.29 is 0 Å². The quantitative estimate of drug-likeness (QED) is 0.442. The molecule has 120 valence electrons. The molecule has 1 aliphatic rings. The lowest BCUT2D eigenvalue weighted by Gasteiger charge is -2.00. The minimum atomic E-state index is 1.21. The summed E-state index contributed by atoms with van der Waals surface area (Å²) < 4.78 is 0. The van der Waals surface area contributed by atoms with Crippen LogP contribution < -0.4 is 0 Å². The van der Waals surface area contributed by atoms with Gasteiger partial charge in [-0.3, -0.25) is 0 Å². The Balaban J connectivity index is 2.34. The third-order valence-electron chi connectivity index (χ3n) is 3.76. The Kier molecular flexibility index (Phi) is 13.3. The second kappa shape index (κ2) is 15.8. The molecule has 1 rings (SSSR count). The van der Waals surface area contributed by atoms with Gasteiger partial charge in [-0.25, -0.2) is 0 Å². The van der Waals surface area contributed by atoms with Gasteiger partial charge in [0.1, 0.15) is 0 Å². The van der Waals surface area contributed by atoms with E-state index in [2.05, 4.69) is 72.9 Å². The Morgan fingerprint density at radius 3 is 0.909 bits per heavy atom. The van der Waals surface area contributed by atoms with Crippen molar-refractivity contribution in [2.24, 2.45) is 0 Å².